The maximum Gasteiger partial charge on any atom is 0.168 e. The van der Waals surface area contributed by atoms with Crippen LogP contribution in [0.25, 0.3) is 0 Å². The summed E-state index contributed by atoms with van der Waals surface area (Å²) in [5.74, 6) is -0.0486. The van der Waals surface area contributed by atoms with E-state index in [4.69, 9.17) is 0 Å². The molecule has 56 valence electrons. The van der Waals surface area contributed by atoms with Gasteiger partial charge >= 0.3 is 0 Å². The van der Waals surface area contributed by atoms with Crippen LogP contribution < -0.4 is 0 Å². The Bertz CT molecular complexity index is 174. The van der Waals surface area contributed by atoms with Crippen molar-refractivity contribution in [2.24, 2.45) is 5.92 Å². The zero-order chi connectivity index (χ0) is 7.78. The van der Waals surface area contributed by atoms with E-state index in [1.54, 1.807) is 0 Å². The van der Waals surface area contributed by atoms with Crippen LogP contribution >= 0.6 is 0 Å². The van der Waals surface area contributed by atoms with E-state index in [0.717, 1.165) is 6.42 Å². The third-order valence-electron chi connectivity index (χ3n) is 2.31. The third-order valence-corrected chi connectivity index (χ3v) is 2.31. The van der Waals surface area contributed by atoms with Gasteiger partial charge in [-0.3, -0.25) is 4.79 Å². The van der Waals surface area contributed by atoms with Gasteiger partial charge in [0.25, 0.3) is 0 Å². The first kappa shape index (κ1) is 7.48. The lowest BCUT2D eigenvalue weighted by molar-refractivity contribution is -0.131. The van der Waals surface area contributed by atoms with E-state index in [1.807, 2.05) is 6.92 Å². The summed E-state index contributed by atoms with van der Waals surface area (Å²) >= 11 is 0. The van der Waals surface area contributed by atoms with E-state index >= 15 is 0 Å². The second kappa shape index (κ2) is 2.20. The van der Waals surface area contributed by atoms with Crippen LogP contribution in [0.4, 0.5) is 0 Å². The molecule has 2 atom stereocenters. The predicted molar refractivity (Wildman–Crippen MR) is 38.6 cm³/mol. The van der Waals surface area contributed by atoms with Crippen molar-refractivity contribution < 1.29 is 9.90 Å². The lowest BCUT2D eigenvalue weighted by Crippen LogP contribution is -2.36. The first-order valence-electron chi connectivity index (χ1n) is 3.50. The molecule has 0 saturated heterocycles. The number of aliphatic hydroxyl groups is 1. The van der Waals surface area contributed by atoms with Gasteiger partial charge in [0, 0.05) is 6.42 Å². The summed E-state index contributed by atoms with van der Waals surface area (Å²) in [5, 5.41) is 9.57. The van der Waals surface area contributed by atoms with Gasteiger partial charge < -0.3 is 5.11 Å². The fourth-order valence-electron chi connectivity index (χ4n) is 1.36. The van der Waals surface area contributed by atoms with Crippen molar-refractivity contribution in [2.45, 2.75) is 25.4 Å². The van der Waals surface area contributed by atoms with Crippen LogP contribution in [0.1, 0.15) is 19.8 Å². The van der Waals surface area contributed by atoms with Crippen molar-refractivity contribution in [3.8, 4) is 0 Å². The smallest absolute Gasteiger partial charge is 0.168 e. The maximum absolute atomic E-state index is 11.0. The molecule has 2 heteroatoms. The van der Waals surface area contributed by atoms with Gasteiger partial charge in [0.05, 0.1) is 0 Å². The molecular formula is C8H12O2. The average Bonchev–Trinajstić information content (AvgIpc) is 2.18. The van der Waals surface area contributed by atoms with Crippen LogP contribution in [0.15, 0.2) is 12.7 Å². The molecule has 0 bridgehead atoms. The summed E-state index contributed by atoms with van der Waals surface area (Å²) in [6.45, 7) is 5.31. The number of hydrogen-bond acceptors (Lipinski definition) is 2. The first-order valence-corrected chi connectivity index (χ1v) is 3.50. The molecule has 1 aliphatic rings. The number of carbonyl (C=O) groups is 1. The van der Waals surface area contributed by atoms with E-state index in [1.165, 1.54) is 6.08 Å². The molecule has 0 aromatic heterocycles. The summed E-state index contributed by atoms with van der Waals surface area (Å²) in [5.41, 5.74) is -1.22. The summed E-state index contributed by atoms with van der Waals surface area (Å²) in [4.78, 5) is 11.0. The minimum absolute atomic E-state index is 0.0394. The molecule has 10 heavy (non-hydrogen) atoms. The number of ketones is 1. The van der Waals surface area contributed by atoms with Crippen LogP contribution in [0.3, 0.4) is 0 Å². The Kier molecular flexibility index (Phi) is 1.65. The molecule has 0 spiro atoms. The monoisotopic (exact) mass is 140 g/mol. The largest absolute Gasteiger partial charge is 0.378 e. The van der Waals surface area contributed by atoms with E-state index in [2.05, 4.69) is 6.58 Å². The van der Waals surface area contributed by atoms with Gasteiger partial charge in [0.15, 0.2) is 5.78 Å². The van der Waals surface area contributed by atoms with Gasteiger partial charge in [-0.05, 0) is 12.3 Å². The first-order chi connectivity index (χ1) is 4.61. The topological polar surface area (TPSA) is 37.3 Å². The fourth-order valence-corrected chi connectivity index (χ4v) is 1.36. The Morgan fingerprint density at radius 2 is 2.50 bits per heavy atom. The molecule has 1 aliphatic carbocycles. The minimum atomic E-state index is -1.22. The molecule has 1 saturated carbocycles. The average molecular weight is 140 g/mol. The Morgan fingerprint density at radius 1 is 1.90 bits per heavy atom. The Balaban J connectivity index is 2.90. The van der Waals surface area contributed by atoms with Crippen molar-refractivity contribution in [1.82, 2.24) is 0 Å². The van der Waals surface area contributed by atoms with Crippen molar-refractivity contribution in [1.29, 1.82) is 0 Å². The van der Waals surface area contributed by atoms with Crippen molar-refractivity contribution in [2.75, 3.05) is 0 Å². The molecule has 0 amide bonds. The van der Waals surface area contributed by atoms with E-state index in [-0.39, 0.29) is 11.7 Å². The predicted octanol–water partition coefficient (Wildman–Crippen LogP) is 0.903. The van der Waals surface area contributed by atoms with Gasteiger partial charge in [0.1, 0.15) is 5.60 Å². The lowest BCUT2D eigenvalue weighted by atomic mass is 9.92. The van der Waals surface area contributed by atoms with E-state index < -0.39 is 5.60 Å². The van der Waals surface area contributed by atoms with E-state index in [0.29, 0.717) is 6.42 Å². The molecule has 0 heterocycles. The number of hydrogen-bond donors (Lipinski definition) is 1. The summed E-state index contributed by atoms with van der Waals surface area (Å²) in [6, 6.07) is 0. The molecule has 0 aromatic rings. The molecule has 1 rings (SSSR count). The number of Topliss-reactive ketones (excluding diaryl/α,β-unsaturated/α-hetero) is 1. The lowest BCUT2D eigenvalue weighted by Gasteiger charge is -2.20. The Morgan fingerprint density at radius 3 is 2.70 bits per heavy atom. The highest BCUT2D eigenvalue weighted by atomic mass is 16.3. The van der Waals surface area contributed by atoms with Crippen LogP contribution in [0, 0.1) is 5.92 Å². The molecule has 0 aromatic carbocycles. The maximum atomic E-state index is 11.0. The fraction of sp³-hybridized carbons (Fsp3) is 0.625. The molecule has 2 unspecified atom stereocenters. The second-order valence-electron chi connectivity index (χ2n) is 2.89. The van der Waals surface area contributed by atoms with Crippen molar-refractivity contribution in [3.63, 3.8) is 0 Å². The molecule has 1 N–H and O–H groups in total. The quantitative estimate of drug-likeness (QED) is 0.549. The summed E-state index contributed by atoms with van der Waals surface area (Å²) in [6.07, 6.45) is 2.62. The normalized spacial score (nSPS) is 40.2. The zero-order valence-corrected chi connectivity index (χ0v) is 6.13. The number of rotatable bonds is 1. The molecular weight excluding hydrogens is 128 g/mol. The summed E-state index contributed by atoms with van der Waals surface area (Å²) < 4.78 is 0. The zero-order valence-electron chi connectivity index (χ0n) is 6.13. The number of carbonyl (C=O) groups excluding carboxylic acids is 1. The standard InChI is InChI=1S/C8H12O2/c1-3-8(10)6(2)4-5-7(8)9/h3,6,10H,1,4-5H2,2H3. The highest BCUT2D eigenvalue weighted by Gasteiger charge is 2.43. The Hall–Kier alpha value is -0.630. The summed E-state index contributed by atoms with van der Waals surface area (Å²) in [7, 11) is 0. The van der Waals surface area contributed by atoms with Gasteiger partial charge in [-0.15, -0.1) is 0 Å². The Labute approximate surface area is 60.6 Å². The van der Waals surface area contributed by atoms with Crippen LogP contribution in [0.5, 0.6) is 0 Å². The molecule has 1 fully saturated rings. The van der Waals surface area contributed by atoms with E-state index in [9.17, 15) is 9.90 Å². The van der Waals surface area contributed by atoms with Gasteiger partial charge in [0.2, 0.25) is 0 Å². The van der Waals surface area contributed by atoms with Gasteiger partial charge in [-0.2, -0.15) is 0 Å². The van der Waals surface area contributed by atoms with Gasteiger partial charge in [-0.25, -0.2) is 0 Å². The van der Waals surface area contributed by atoms with Crippen LogP contribution in [-0.4, -0.2) is 16.5 Å². The van der Waals surface area contributed by atoms with Crippen molar-refractivity contribution >= 4 is 5.78 Å². The highest BCUT2D eigenvalue weighted by Crippen LogP contribution is 2.32. The second-order valence-corrected chi connectivity index (χ2v) is 2.89. The third kappa shape index (κ3) is 0.797. The van der Waals surface area contributed by atoms with Crippen molar-refractivity contribution in [3.05, 3.63) is 12.7 Å². The molecule has 2 nitrogen and oxygen atoms in total. The highest BCUT2D eigenvalue weighted by molar-refractivity contribution is 5.91. The van der Waals surface area contributed by atoms with Crippen LogP contribution in [-0.2, 0) is 4.79 Å². The van der Waals surface area contributed by atoms with Crippen LogP contribution in [0.2, 0.25) is 0 Å². The molecule has 0 aliphatic heterocycles. The molecule has 0 radical (unpaired) electrons. The van der Waals surface area contributed by atoms with Gasteiger partial charge in [-0.1, -0.05) is 19.6 Å². The minimum Gasteiger partial charge on any atom is -0.378 e. The SMILES string of the molecule is C=CC1(O)C(=O)CCC1C.